The fraction of sp³-hybridized carbons (Fsp3) is 0.231. The van der Waals surface area contributed by atoms with E-state index in [-0.39, 0.29) is 12.6 Å². The van der Waals surface area contributed by atoms with Gasteiger partial charge in [0.2, 0.25) is 12.5 Å². The number of carbonyl (C=O) groups excluding carboxylic acids is 1. The van der Waals surface area contributed by atoms with Gasteiger partial charge in [-0.25, -0.2) is 4.98 Å². The lowest BCUT2D eigenvalue weighted by molar-refractivity contribution is 0.102. The predicted molar refractivity (Wildman–Crippen MR) is 70.2 cm³/mol. The molecule has 0 saturated heterocycles. The van der Waals surface area contributed by atoms with Crippen molar-refractivity contribution in [3.63, 3.8) is 0 Å². The van der Waals surface area contributed by atoms with Crippen molar-refractivity contribution < 1.29 is 19.0 Å². The number of benzene rings is 1. The van der Waals surface area contributed by atoms with Crippen molar-refractivity contribution in [1.82, 2.24) is 4.98 Å². The molecule has 0 aliphatic carbocycles. The Morgan fingerprint density at radius 3 is 2.95 bits per heavy atom. The molecule has 2 heterocycles. The van der Waals surface area contributed by atoms with Crippen LogP contribution in [0, 0.1) is 0 Å². The third kappa shape index (κ3) is 2.04. The molecule has 98 valence electrons. The van der Waals surface area contributed by atoms with E-state index in [0.717, 1.165) is 10.6 Å². The third-order valence-corrected chi connectivity index (χ3v) is 3.91. The van der Waals surface area contributed by atoms with Crippen molar-refractivity contribution in [3.05, 3.63) is 23.2 Å². The monoisotopic (exact) mass is 277 g/mol. The van der Waals surface area contributed by atoms with Gasteiger partial charge >= 0.3 is 0 Å². The second-order valence-corrected chi connectivity index (χ2v) is 5.03. The van der Waals surface area contributed by atoms with Crippen LogP contribution < -0.4 is 14.2 Å². The topological polar surface area (TPSA) is 57.7 Å². The van der Waals surface area contributed by atoms with Gasteiger partial charge in [0.25, 0.3) is 0 Å². The number of nitrogens with zero attached hydrogens (tertiary/aromatic N) is 1. The number of ketones is 1. The van der Waals surface area contributed by atoms with Crippen molar-refractivity contribution in [1.29, 1.82) is 0 Å². The molecular formula is C13H11NO4S. The normalized spacial score (nSPS) is 12.5. The molecule has 0 unspecified atom stereocenters. The molecule has 2 aromatic rings. The molecule has 1 aliphatic rings. The fourth-order valence-corrected chi connectivity index (χ4v) is 2.62. The highest BCUT2D eigenvalue weighted by molar-refractivity contribution is 7.16. The highest BCUT2D eigenvalue weighted by Crippen LogP contribution is 2.44. The Hall–Kier alpha value is -2.08. The van der Waals surface area contributed by atoms with Crippen LogP contribution in [-0.4, -0.2) is 24.7 Å². The molecule has 0 bridgehead atoms. The minimum absolute atomic E-state index is 0.0106. The molecule has 5 nitrogen and oxygen atoms in total. The van der Waals surface area contributed by atoms with Crippen molar-refractivity contribution in [2.45, 2.75) is 6.92 Å². The summed E-state index contributed by atoms with van der Waals surface area (Å²) >= 11 is 1.35. The Morgan fingerprint density at radius 2 is 2.26 bits per heavy atom. The maximum atomic E-state index is 11.3. The molecule has 0 N–H and O–H groups in total. The molecule has 3 rings (SSSR count). The Labute approximate surface area is 113 Å². The molecule has 1 aromatic carbocycles. The first kappa shape index (κ1) is 12.0. The minimum atomic E-state index is 0.0106. The molecule has 0 saturated carbocycles. The number of fused-ring (bicyclic) bond motifs is 1. The van der Waals surface area contributed by atoms with Crippen molar-refractivity contribution in [3.8, 4) is 27.8 Å². The van der Waals surface area contributed by atoms with Crippen LogP contribution in [0.1, 0.15) is 16.6 Å². The standard InChI is InChI=1S/C13H11NO4S/c1-7(15)11-5-14-13(19-11)8-3-9(16-2)12-10(4-8)17-6-18-12/h3-5H,6H2,1-2H3. The quantitative estimate of drug-likeness (QED) is 0.807. The van der Waals surface area contributed by atoms with Crippen LogP contribution in [0.25, 0.3) is 10.6 Å². The summed E-state index contributed by atoms with van der Waals surface area (Å²) in [6.07, 6.45) is 1.58. The Balaban J connectivity index is 2.07. The fourth-order valence-electron chi connectivity index (χ4n) is 1.82. The van der Waals surface area contributed by atoms with Gasteiger partial charge in [0.1, 0.15) is 5.01 Å². The Morgan fingerprint density at radius 1 is 1.42 bits per heavy atom. The van der Waals surface area contributed by atoms with Crippen LogP contribution in [-0.2, 0) is 0 Å². The lowest BCUT2D eigenvalue weighted by Crippen LogP contribution is -1.93. The molecule has 0 amide bonds. The largest absolute Gasteiger partial charge is 0.493 e. The summed E-state index contributed by atoms with van der Waals surface area (Å²) in [7, 11) is 1.57. The predicted octanol–water partition coefficient (Wildman–Crippen LogP) is 2.75. The van der Waals surface area contributed by atoms with Gasteiger partial charge in [-0.15, -0.1) is 11.3 Å². The summed E-state index contributed by atoms with van der Waals surface area (Å²) in [4.78, 5) is 16.2. The van der Waals surface area contributed by atoms with Crippen molar-refractivity contribution in [2.75, 3.05) is 13.9 Å². The maximum Gasteiger partial charge on any atom is 0.231 e. The summed E-state index contributed by atoms with van der Waals surface area (Å²) in [5.74, 6) is 1.85. The number of rotatable bonds is 3. The first-order chi connectivity index (χ1) is 9.19. The summed E-state index contributed by atoms with van der Waals surface area (Å²) < 4.78 is 16.0. The van der Waals surface area contributed by atoms with Crippen molar-refractivity contribution >= 4 is 17.1 Å². The second-order valence-electron chi connectivity index (χ2n) is 4.00. The first-order valence-corrected chi connectivity index (χ1v) is 6.45. The first-order valence-electron chi connectivity index (χ1n) is 5.64. The molecule has 0 fully saturated rings. The molecular weight excluding hydrogens is 266 g/mol. The van der Waals surface area contributed by atoms with Crippen LogP contribution in [0.2, 0.25) is 0 Å². The number of ether oxygens (including phenoxy) is 3. The summed E-state index contributed by atoms with van der Waals surface area (Å²) in [5, 5.41) is 0.752. The number of hydrogen-bond donors (Lipinski definition) is 0. The number of methoxy groups -OCH3 is 1. The van der Waals surface area contributed by atoms with Crippen molar-refractivity contribution in [2.24, 2.45) is 0 Å². The van der Waals surface area contributed by atoms with Crippen LogP contribution in [0.15, 0.2) is 18.3 Å². The lowest BCUT2D eigenvalue weighted by atomic mass is 10.2. The molecule has 1 aromatic heterocycles. The van der Waals surface area contributed by atoms with Gasteiger partial charge < -0.3 is 14.2 Å². The molecule has 6 heteroatoms. The van der Waals surface area contributed by atoms with E-state index in [9.17, 15) is 4.79 Å². The molecule has 0 spiro atoms. The molecule has 0 radical (unpaired) electrons. The SMILES string of the molecule is COc1cc(-c2ncc(C(C)=O)s2)cc2c1OCO2. The number of hydrogen-bond acceptors (Lipinski definition) is 6. The van der Waals surface area contributed by atoms with Crippen LogP contribution in [0.5, 0.6) is 17.2 Å². The van der Waals surface area contributed by atoms with Gasteiger partial charge in [-0.2, -0.15) is 0 Å². The number of aromatic nitrogens is 1. The average Bonchev–Trinajstić information content (AvgIpc) is 3.05. The third-order valence-electron chi connectivity index (χ3n) is 2.76. The summed E-state index contributed by atoms with van der Waals surface area (Å²) in [6, 6.07) is 3.67. The zero-order valence-electron chi connectivity index (χ0n) is 10.4. The molecule has 19 heavy (non-hydrogen) atoms. The van der Waals surface area contributed by atoms with Gasteiger partial charge in [0.05, 0.1) is 12.0 Å². The number of carbonyl (C=O) groups is 1. The van der Waals surface area contributed by atoms with Gasteiger partial charge in [-0.3, -0.25) is 4.79 Å². The Kier molecular flexibility index (Phi) is 2.87. The Bertz CT molecular complexity index is 650. The molecule has 0 atom stereocenters. The van der Waals surface area contributed by atoms with E-state index in [2.05, 4.69) is 4.98 Å². The number of thiazole rings is 1. The lowest BCUT2D eigenvalue weighted by Gasteiger charge is -2.06. The van der Waals surface area contributed by atoms with E-state index in [0.29, 0.717) is 22.1 Å². The van der Waals surface area contributed by atoms with E-state index < -0.39 is 0 Å². The van der Waals surface area contributed by atoms with E-state index in [4.69, 9.17) is 14.2 Å². The highest BCUT2D eigenvalue weighted by atomic mass is 32.1. The highest BCUT2D eigenvalue weighted by Gasteiger charge is 2.21. The minimum Gasteiger partial charge on any atom is -0.493 e. The van der Waals surface area contributed by atoms with Gasteiger partial charge in [-0.1, -0.05) is 0 Å². The van der Waals surface area contributed by atoms with E-state index in [1.807, 2.05) is 12.1 Å². The summed E-state index contributed by atoms with van der Waals surface area (Å²) in [5.41, 5.74) is 0.846. The van der Waals surface area contributed by atoms with E-state index >= 15 is 0 Å². The van der Waals surface area contributed by atoms with Gasteiger partial charge in [0.15, 0.2) is 17.3 Å². The molecule has 1 aliphatic heterocycles. The zero-order chi connectivity index (χ0) is 13.4. The van der Waals surface area contributed by atoms with Crippen LogP contribution >= 0.6 is 11.3 Å². The van der Waals surface area contributed by atoms with Crippen LogP contribution in [0.3, 0.4) is 0 Å². The van der Waals surface area contributed by atoms with E-state index in [1.54, 1.807) is 13.3 Å². The van der Waals surface area contributed by atoms with Gasteiger partial charge in [0, 0.05) is 18.7 Å². The second kappa shape index (κ2) is 4.55. The number of Topliss-reactive ketones (excluding diaryl/α,β-unsaturated/α-hetero) is 1. The average molecular weight is 277 g/mol. The zero-order valence-corrected chi connectivity index (χ0v) is 11.2. The summed E-state index contributed by atoms with van der Waals surface area (Å²) in [6.45, 7) is 1.71. The van der Waals surface area contributed by atoms with Gasteiger partial charge in [-0.05, 0) is 12.1 Å². The van der Waals surface area contributed by atoms with Crippen LogP contribution in [0.4, 0.5) is 0 Å². The maximum absolute atomic E-state index is 11.3. The smallest absolute Gasteiger partial charge is 0.231 e. The van der Waals surface area contributed by atoms with E-state index in [1.165, 1.54) is 18.3 Å².